The highest BCUT2D eigenvalue weighted by atomic mass is 19.1. The second-order valence-corrected chi connectivity index (χ2v) is 7.63. The number of aromatic amines is 2. The van der Waals surface area contributed by atoms with Gasteiger partial charge in [0.25, 0.3) is 11.8 Å². The normalized spacial score (nSPS) is 24.4. The molecule has 0 spiro atoms. The van der Waals surface area contributed by atoms with Crippen molar-refractivity contribution in [1.29, 1.82) is 0 Å². The lowest BCUT2D eigenvalue weighted by Gasteiger charge is -2.29. The van der Waals surface area contributed by atoms with E-state index in [1.54, 1.807) is 23.1 Å². The van der Waals surface area contributed by atoms with E-state index >= 15 is 0 Å². The molecule has 0 saturated carbocycles. The van der Waals surface area contributed by atoms with Crippen molar-refractivity contribution < 1.29 is 18.7 Å². The third kappa shape index (κ3) is 3.42. The fourth-order valence-electron chi connectivity index (χ4n) is 3.99. The van der Waals surface area contributed by atoms with Gasteiger partial charge in [0.2, 0.25) is 0 Å². The zero-order chi connectivity index (χ0) is 19.9. The van der Waals surface area contributed by atoms with Crippen LogP contribution in [-0.4, -0.2) is 64.2 Å². The van der Waals surface area contributed by atoms with Crippen LogP contribution in [0.2, 0.25) is 0 Å². The molecule has 2 fully saturated rings. The lowest BCUT2D eigenvalue weighted by atomic mass is 9.95. The van der Waals surface area contributed by atoms with Crippen LogP contribution >= 0.6 is 0 Å². The molecule has 0 radical (unpaired) electrons. The molecular formula is C19H23FN4O4. The van der Waals surface area contributed by atoms with Crippen LogP contribution in [0.3, 0.4) is 0 Å². The molecule has 2 saturated heterocycles. The minimum Gasteiger partial charge on any atom is -0.381 e. The second kappa shape index (κ2) is 7.05. The van der Waals surface area contributed by atoms with Gasteiger partial charge in [0, 0.05) is 37.0 Å². The maximum atomic E-state index is 14.8. The Morgan fingerprint density at radius 1 is 1.25 bits per heavy atom. The van der Waals surface area contributed by atoms with Gasteiger partial charge in [0.05, 0.1) is 24.2 Å². The first-order chi connectivity index (χ1) is 13.4. The molecule has 3 N–H and O–H groups in total. The number of halogens is 1. The fraction of sp³-hybridized carbons (Fsp3) is 0.526. The summed E-state index contributed by atoms with van der Waals surface area (Å²) in [4.78, 5) is 43.7. The van der Waals surface area contributed by atoms with Crippen molar-refractivity contribution in [2.24, 2.45) is 0 Å². The summed E-state index contributed by atoms with van der Waals surface area (Å²) >= 11 is 0. The van der Waals surface area contributed by atoms with E-state index in [-0.39, 0.29) is 49.7 Å². The number of benzene rings is 1. The van der Waals surface area contributed by atoms with E-state index in [9.17, 15) is 18.8 Å². The van der Waals surface area contributed by atoms with E-state index in [0.717, 1.165) is 0 Å². The number of hydrogen-bond donors (Lipinski definition) is 3. The van der Waals surface area contributed by atoms with Gasteiger partial charge in [-0.1, -0.05) is 0 Å². The third-order valence-electron chi connectivity index (χ3n) is 5.63. The summed E-state index contributed by atoms with van der Waals surface area (Å²) in [5, 5.41) is 2.77. The van der Waals surface area contributed by atoms with Crippen LogP contribution in [0.1, 0.15) is 36.5 Å². The van der Waals surface area contributed by atoms with Gasteiger partial charge in [-0.2, -0.15) is 0 Å². The number of hydrogen-bond acceptors (Lipinski definition) is 4. The summed E-state index contributed by atoms with van der Waals surface area (Å²) in [6.45, 7) is 2.69. The zero-order valence-corrected chi connectivity index (χ0v) is 15.6. The fourth-order valence-corrected chi connectivity index (χ4v) is 3.99. The highest BCUT2D eigenvalue weighted by molar-refractivity contribution is 5.97. The quantitative estimate of drug-likeness (QED) is 0.729. The van der Waals surface area contributed by atoms with E-state index in [2.05, 4.69) is 15.3 Å². The summed E-state index contributed by atoms with van der Waals surface area (Å²) in [6, 6.07) is 4.58. The van der Waals surface area contributed by atoms with Crippen molar-refractivity contribution in [3.05, 3.63) is 34.2 Å². The molecule has 1 aromatic carbocycles. The molecule has 28 heavy (non-hydrogen) atoms. The monoisotopic (exact) mass is 390 g/mol. The van der Waals surface area contributed by atoms with Crippen LogP contribution in [0.15, 0.2) is 23.0 Å². The largest absolute Gasteiger partial charge is 0.381 e. The lowest BCUT2D eigenvalue weighted by molar-refractivity contribution is -0.139. The molecule has 9 heteroatoms. The van der Waals surface area contributed by atoms with Crippen LogP contribution < -0.4 is 11.0 Å². The SMILES string of the molecule is CC1CC(NC(=O)C2(F)CCOCC2)CN1C(=O)c1ccc2[nH]c(=O)[nH]c2c1. The summed E-state index contributed by atoms with van der Waals surface area (Å²) < 4.78 is 19.9. The molecule has 2 aliphatic heterocycles. The van der Waals surface area contributed by atoms with Crippen molar-refractivity contribution in [1.82, 2.24) is 20.2 Å². The Labute approximate surface area is 160 Å². The second-order valence-electron chi connectivity index (χ2n) is 7.63. The number of likely N-dealkylation sites (tertiary alicyclic amines) is 1. The van der Waals surface area contributed by atoms with Crippen molar-refractivity contribution in [3.8, 4) is 0 Å². The zero-order valence-electron chi connectivity index (χ0n) is 15.6. The van der Waals surface area contributed by atoms with Crippen LogP contribution in [0.25, 0.3) is 11.0 Å². The topological polar surface area (TPSA) is 107 Å². The number of carbonyl (C=O) groups is 2. The Morgan fingerprint density at radius 3 is 2.71 bits per heavy atom. The first kappa shape index (κ1) is 18.7. The molecular weight excluding hydrogens is 367 g/mol. The molecule has 2 aliphatic rings. The Balaban J connectivity index is 1.44. The standard InChI is InChI=1S/C19H23FN4O4/c1-11-8-13(21-17(26)19(20)4-6-28-7-5-19)10-24(11)16(25)12-2-3-14-15(9-12)23-18(27)22-14/h2-3,9,11,13H,4-8,10H2,1H3,(H,21,26)(H2,22,23,27). The van der Waals surface area contributed by atoms with Gasteiger partial charge in [-0.3, -0.25) is 9.59 Å². The number of carbonyl (C=O) groups excluding carboxylic acids is 2. The first-order valence-electron chi connectivity index (χ1n) is 9.46. The molecule has 8 nitrogen and oxygen atoms in total. The number of aromatic nitrogens is 2. The van der Waals surface area contributed by atoms with Crippen LogP contribution in [0.5, 0.6) is 0 Å². The van der Waals surface area contributed by atoms with E-state index in [4.69, 9.17) is 4.74 Å². The van der Waals surface area contributed by atoms with Gasteiger partial charge < -0.3 is 24.9 Å². The predicted molar refractivity (Wildman–Crippen MR) is 99.9 cm³/mol. The molecule has 0 bridgehead atoms. The minimum atomic E-state index is -1.90. The van der Waals surface area contributed by atoms with Crippen LogP contribution in [0.4, 0.5) is 4.39 Å². The number of imidazole rings is 1. The lowest BCUT2D eigenvalue weighted by Crippen LogP contribution is -2.51. The van der Waals surface area contributed by atoms with E-state index in [0.29, 0.717) is 29.6 Å². The molecule has 0 aliphatic carbocycles. The number of nitrogens with zero attached hydrogens (tertiary/aromatic N) is 1. The summed E-state index contributed by atoms with van der Waals surface area (Å²) in [7, 11) is 0. The molecule has 3 heterocycles. The Morgan fingerprint density at radius 2 is 1.96 bits per heavy atom. The molecule has 1 aromatic heterocycles. The number of fused-ring (bicyclic) bond motifs is 1. The van der Waals surface area contributed by atoms with Crippen molar-refractivity contribution in [2.45, 2.75) is 43.9 Å². The molecule has 2 amide bonds. The average molecular weight is 390 g/mol. The number of amides is 2. The van der Waals surface area contributed by atoms with Crippen molar-refractivity contribution in [3.63, 3.8) is 0 Å². The number of rotatable bonds is 3. The van der Waals surface area contributed by atoms with Gasteiger partial charge in [-0.05, 0) is 31.5 Å². The highest BCUT2D eigenvalue weighted by Crippen LogP contribution is 2.27. The van der Waals surface area contributed by atoms with E-state index in [1.165, 1.54) is 0 Å². The summed E-state index contributed by atoms with van der Waals surface area (Å²) in [5.41, 5.74) is -0.583. The van der Waals surface area contributed by atoms with E-state index < -0.39 is 11.6 Å². The van der Waals surface area contributed by atoms with Gasteiger partial charge in [-0.25, -0.2) is 9.18 Å². The van der Waals surface area contributed by atoms with Crippen LogP contribution in [-0.2, 0) is 9.53 Å². The number of nitrogens with one attached hydrogen (secondary N) is 3. The molecule has 2 aromatic rings. The van der Waals surface area contributed by atoms with Crippen molar-refractivity contribution >= 4 is 22.8 Å². The van der Waals surface area contributed by atoms with Gasteiger partial charge in [0.15, 0.2) is 5.67 Å². The maximum absolute atomic E-state index is 14.8. The first-order valence-corrected chi connectivity index (χ1v) is 9.46. The highest BCUT2D eigenvalue weighted by Gasteiger charge is 2.43. The predicted octanol–water partition coefficient (Wildman–Crippen LogP) is 1.09. The third-order valence-corrected chi connectivity index (χ3v) is 5.63. The number of ether oxygens (including phenoxy) is 1. The Bertz CT molecular complexity index is 962. The van der Waals surface area contributed by atoms with Gasteiger partial charge >= 0.3 is 5.69 Å². The molecule has 2 atom stereocenters. The average Bonchev–Trinajstić information content (AvgIpc) is 3.22. The van der Waals surface area contributed by atoms with Crippen LogP contribution in [0, 0.1) is 0 Å². The number of alkyl halides is 1. The summed E-state index contributed by atoms with van der Waals surface area (Å²) in [5.74, 6) is -0.803. The summed E-state index contributed by atoms with van der Waals surface area (Å²) in [6.07, 6.45) is 0.671. The van der Waals surface area contributed by atoms with Gasteiger partial charge in [-0.15, -0.1) is 0 Å². The van der Waals surface area contributed by atoms with E-state index in [1.807, 2.05) is 6.92 Å². The maximum Gasteiger partial charge on any atom is 0.323 e. The number of H-pyrrole nitrogens is 2. The smallest absolute Gasteiger partial charge is 0.323 e. The Kier molecular flexibility index (Phi) is 4.70. The Hall–Kier alpha value is -2.68. The molecule has 150 valence electrons. The van der Waals surface area contributed by atoms with Gasteiger partial charge in [0.1, 0.15) is 0 Å². The molecule has 2 unspecified atom stereocenters. The molecule has 4 rings (SSSR count). The minimum absolute atomic E-state index is 0.0542. The van der Waals surface area contributed by atoms with Crippen molar-refractivity contribution in [2.75, 3.05) is 19.8 Å².